The molecule has 1 saturated heterocycles. The van der Waals surface area contributed by atoms with Crippen molar-refractivity contribution in [3.63, 3.8) is 0 Å². The van der Waals surface area contributed by atoms with Crippen molar-refractivity contribution in [3.05, 3.63) is 58.6 Å². The zero-order valence-electron chi connectivity index (χ0n) is 15.4. The van der Waals surface area contributed by atoms with Gasteiger partial charge >= 0.3 is 0 Å². The lowest BCUT2D eigenvalue weighted by Gasteiger charge is -2.56. The number of hydrogen-bond acceptors (Lipinski definition) is 5. The van der Waals surface area contributed by atoms with E-state index in [1.165, 1.54) is 11.8 Å². The van der Waals surface area contributed by atoms with Crippen molar-refractivity contribution in [1.29, 1.82) is 0 Å². The molecule has 3 aliphatic rings. The lowest BCUT2D eigenvalue weighted by Crippen LogP contribution is -2.64. The Balaban J connectivity index is 1.67. The third-order valence-corrected chi connectivity index (χ3v) is 7.91. The zero-order chi connectivity index (χ0) is 20.3. The van der Waals surface area contributed by atoms with E-state index in [-0.39, 0.29) is 24.3 Å². The summed E-state index contributed by atoms with van der Waals surface area (Å²) in [6.07, 6.45) is 0.884. The minimum Gasteiger partial charge on any atom is -0.487 e. The van der Waals surface area contributed by atoms with Crippen LogP contribution in [0.5, 0.6) is 5.75 Å². The summed E-state index contributed by atoms with van der Waals surface area (Å²) in [4.78, 5) is 0.786. The van der Waals surface area contributed by atoms with Crippen LogP contribution < -0.4 is 4.74 Å². The van der Waals surface area contributed by atoms with E-state index in [0.717, 1.165) is 17.0 Å². The van der Waals surface area contributed by atoms with Crippen LogP contribution in [0.4, 0.5) is 8.78 Å². The molecule has 2 aromatic carbocycles. The second-order valence-corrected chi connectivity index (χ2v) is 9.53. The topological polar surface area (TPSA) is 47.9 Å². The quantitative estimate of drug-likeness (QED) is 0.736. The molecular formula is C21H19ClF2O4S. The summed E-state index contributed by atoms with van der Waals surface area (Å²) in [5, 5.41) is 12.4. The highest BCUT2D eigenvalue weighted by molar-refractivity contribution is 8.00. The summed E-state index contributed by atoms with van der Waals surface area (Å²) < 4.78 is 45.7. The van der Waals surface area contributed by atoms with Gasteiger partial charge in [0.2, 0.25) is 0 Å². The van der Waals surface area contributed by atoms with Crippen LogP contribution in [0.2, 0.25) is 5.02 Å². The Kier molecular flexibility index (Phi) is 4.60. The van der Waals surface area contributed by atoms with Crippen molar-refractivity contribution in [3.8, 4) is 5.75 Å². The van der Waals surface area contributed by atoms with Gasteiger partial charge in [-0.3, -0.25) is 0 Å². The van der Waals surface area contributed by atoms with Gasteiger partial charge in [-0.1, -0.05) is 11.6 Å². The molecule has 2 aromatic rings. The standard InChI is InChI=1S/C21H19ClF2O4S/c22-13-1-3-14(4-2-13)29-21-8-7-20(27-9-10-28-20)11-19(21,25)12-26-18-16(24)6-5-15(23)17(18)21/h1-6,25H,7-12H2/t19?,21-/m1/s1. The van der Waals surface area contributed by atoms with Crippen LogP contribution in [0.3, 0.4) is 0 Å². The molecule has 1 aliphatic carbocycles. The van der Waals surface area contributed by atoms with Crippen LogP contribution in [-0.2, 0) is 14.2 Å². The first-order valence-corrected chi connectivity index (χ1v) is 10.6. The number of hydrogen-bond donors (Lipinski definition) is 1. The first-order valence-electron chi connectivity index (χ1n) is 9.43. The fourth-order valence-electron chi connectivity index (χ4n) is 4.69. The van der Waals surface area contributed by atoms with E-state index < -0.39 is 27.8 Å². The molecule has 1 spiro atoms. The highest BCUT2D eigenvalue weighted by Gasteiger charge is 2.65. The molecule has 1 saturated carbocycles. The molecule has 4 nitrogen and oxygen atoms in total. The summed E-state index contributed by atoms with van der Waals surface area (Å²) in [7, 11) is 0. The molecule has 2 fully saturated rings. The molecule has 154 valence electrons. The molecule has 29 heavy (non-hydrogen) atoms. The van der Waals surface area contributed by atoms with Gasteiger partial charge in [0.25, 0.3) is 0 Å². The summed E-state index contributed by atoms with van der Waals surface area (Å²) in [5.74, 6) is -2.32. The molecule has 0 radical (unpaired) electrons. The van der Waals surface area contributed by atoms with Crippen LogP contribution in [0, 0.1) is 11.6 Å². The molecule has 2 aliphatic heterocycles. The van der Waals surface area contributed by atoms with Crippen LogP contribution in [0.15, 0.2) is 41.3 Å². The van der Waals surface area contributed by atoms with E-state index in [2.05, 4.69) is 0 Å². The van der Waals surface area contributed by atoms with Gasteiger partial charge in [-0.25, -0.2) is 8.78 Å². The average Bonchev–Trinajstić information content (AvgIpc) is 3.14. The second kappa shape index (κ2) is 6.82. The zero-order valence-corrected chi connectivity index (χ0v) is 17.0. The average molecular weight is 441 g/mol. The van der Waals surface area contributed by atoms with Gasteiger partial charge < -0.3 is 19.3 Å². The van der Waals surface area contributed by atoms with Crippen LogP contribution in [0.25, 0.3) is 0 Å². The Morgan fingerprint density at radius 1 is 0.966 bits per heavy atom. The van der Waals surface area contributed by atoms with Gasteiger partial charge in [0.1, 0.15) is 18.0 Å². The molecule has 5 rings (SSSR count). The van der Waals surface area contributed by atoms with Crippen LogP contribution in [-0.4, -0.2) is 36.3 Å². The van der Waals surface area contributed by atoms with Crippen molar-refractivity contribution < 1.29 is 28.1 Å². The third-order valence-electron chi connectivity index (χ3n) is 6.01. The van der Waals surface area contributed by atoms with E-state index in [4.69, 9.17) is 25.8 Å². The van der Waals surface area contributed by atoms with E-state index in [0.29, 0.717) is 31.1 Å². The van der Waals surface area contributed by atoms with Gasteiger partial charge in [0, 0.05) is 22.8 Å². The number of aliphatic hydroxyl groups is 1. The van der Waals surface area contributed by atoms with E-state index in [1.54, 1.807) is 24.3 Å². The van der Waals surface area contributed by atoms with Crippen molar-refractivity contribution in [2.45, 2.75) is 40.3 Å². The SMILES string of the molecule is OC12COc3c(F)ccc(F)c3[C@]1(Sc1ccc(Cl)cc1)CCC1(C2)OCCO1. The predicted molar refractivity (Wildman–Crippen MR) is 104 cm³/mol. The number of halogens is 3. The van der Waals surface area contributed by atoms with E-state index in [1.807, 2.05) is 0 Å². The predicted octanol–water partition coefficient (Wildman–Crippen LogP) is 4.66. The maximum atomic E-state index is 15.1. The highest BCUT2D eigenvalue weighted by Crippen LogP contribution is 2.63. The van der Waals surface area contributed by atoms with Crippen molar-refractivity contribution in [2.24, 2.45) is 0 Å². The summed E-state index contributed by atoms with van der Waals surface area (Å²) in [5.41, 5.74) is -1.47. The second-order valence-electron chi connectivity index (χ2n) is 7.72. The largest absolute Gasteiger partial charge is 0.487 e. The molecule has 8 heteroatoms. The molecule has 0 amide bonds. The van der Waals surface area contributed by atoms with Crippen LogP contribution in [0.1, 0.15) is 24.8 Å². The van der Waals surface area contributed by atoms with Crippen LogP contribution >= 0.6 is 23.4 Å². The first-order chi connectivity index (χ1) is 13.9. The summed E-state index contributed by atoms with van der Waals surface area (Å²) >= 11 is 7.31. The van der Waals surface area contributed by atoms with Gasteiger partial charge in [-0.2, -0.15) is 0 Å². The molecule has 1 N–H and O–H groups in total. The van der Waals surface area contributed by atoms with Gasteiger partial charge in [0.15, 0.2) is 17.4 Å². The van der Waals surface area contributed by atoms with Crippen molar-refractivity contribution in [2.75, 3.05) is 19.8 Å². The maximum Gasteiger partial charge on any atom is 0.171 e. The molecule has 0 bridgehead atoms. The number of thioether (sulfide) groups is 1. The molecule has 2 atom stereocenters. The molecule has 1 unspecified atom stereocenters. The third kappa shape index (κ3) is 2.98. The maximum absolute atomic E-state index is 15.1. The highest BCUT2D eigenvalue weighted by atomic mass is 35.5. The normalized spacial score (nSPS) is 29.9. The number of benzene rings is 2. The number of rotatable bonds is 2. The number of ether oxygens (including phenoxy) is 3. The Labute approximate surface area is 176 Å². The van der Waals surface area contributed by atoms with E-state index in [9.17, 15) is 9.50 Å². The monoisotopic (exact) mass is 440 g/mol. The molecule has 2 heterocycles. The Morgan fingerprint density at radius 2 is 1.66 bits per heavy atom. The first kappa shape index (κ1) is 19.6. The summed E-state index contributed by atoms with van der Waals surface area (Å²) in [6, 6.07) is 9.21. The van der Waals surface area contributed by atoms with Gasteiger partial charge in [-0.15, -0.1) is 11.8 Å². The summed E-state index contributed by atoms with van der Waals surface area (Å²) in [6.45, 7) is 0.692. The number of fused-ring (bicyclic) bond motifs is 3. The lowest BCUT2D eigenvalue weighted by atomic mass is 9.67. The van der Waals surface area contributed by atoms with Crippen molar-refractivity contribution in [1.82, 2.24) is 0 Å². The van der Waals surface area contributed by atoms with Gasteiger partial charge in [0.05, 0.1) is 23.5 Å². The lowest BCUT2D eigenvalue weighted by molar-refractivity contribution is -0.236. The minimum absolute atomic E-state index is 0.0547. The van der Waals surface area contributed by atoms with E-state index >= 15 is 4.39 Å². The molecule has 0 aromatic heterocycles. The Morgan fingerprint density at radius 3 is 2.38 bits per heavy atom. The Bertz CT molecular complexity index is 950. The minimum atomic E-state index is -1.53. The fourth-order valence-corrected chi connectivity index (χ4v) is 6.31. The smallest absolute Gasteiger partial charge is 0.171 e. The Hall–Kier alpha value is -1.38. The van der Waals surface area contributed by atoms with Crippen molar-refractivity contribution >= 4 is 23.4 Å². The van der Waals surface area contributed by atoms with Gasteiger partial charge in [-0.05, 0) is 42.8 Å². The molecular weight excluding hydrogens is 422 g/mol. The fraction of sp³-hybridized carbons (Fsp3) is 0.429.